The molecule has 0 aliphatic carbocycles. The SMILES string of the molecule is Cc1cccc(N(CCCN)CCC2CCCCN2C)c1. The molecule has 0 bridgehead atoms. The predicted octanol–water partition coefficient (Wildman–Crippen LogP) is 3.02. The summed E-state index contributed by atoms with van der Waals surface area (Å²) in [6.07, 6.45) is 6.43. The molecule has 118 valence electrons. The van der Waals surface area contributed by atoms with Crippen LogP contribution in [0.2, 0.25) is 0 Å². The van der Waals surface area contributed by atoms with Crippen LogP contribution in [0.25, 0.3) is 0 Å². The Morgan fingerprint density at radius 3 is 2.86 bits per heavy atom. The lowest BCUT2D eigenvalue weighted by Crippen LogP contribution is -2.39. The number of nitrogens with two attached hydrogens (primary N) is 1. The van der Waals surface area contributed by atoms with E-state index >= 15 is 0 Å². The maximum Gasteiger partial charge on any atom is 0.0368 e. The molecular formula is C18H31N3. The zero-order valence-electron chi connectivity index (χ0n) is 13.7. The number of likely N-dealkylation sites (tertiary alicyclic amines) is 1. The Labute approximate surface area is 130 Å². The number of aryl methyl sites for hydroxylation is 1. The molecule has 1 aromatic carbocycles. The summed E-state index contributed by atoms with van der Waals surface area (Å²) in [4.78, 5) is 5.06. The van der Waals surface area contributed by atoms with Crippen LogP contribution in [0.15, 0.2) is 24.3 Å². The molecule has 2 N–H and O–H groups in total. The molecule has 3 heteroatoms. The average Bonchev–Trinajstić information content (AvgIpc) is 2.49. The van der Waals surface area contributed by atoms with Crippen molar-refractivity contribution in [3.05, 3.63) is 29.8 Å². The first kappa shape index (κ1) is 16.3. The summed E-state index contributed by atoms with van der Waals surface area (Å²) in [5, 5.41) is 0. The van der Waals surface area contributed by atoms with Crippen molar-refractivity contribution in [1.82, 2.24) is 4.90 Å². The van der Waals surface area contributed by atoms with E-state index in [4.69, 9.17) is 5.73 Å². The van der Waals surface area contributed by atoms with Crippen molar-refractivity contribution < 1.29 is 0 Å². The van der Waals surface area contributed by atoms with Gasteiger partial charge in [0, 0.05) is 24.8 Å². The molecule has 0 spiro atoms. The highest BCUT2D eigenvalue weighted by molar-refractivity contribution is 5.48. The minimum absolute atomic E-state index is 0.754. The maximum atomic E-state index is 5.71. The lowest BCUT2D eigenvalue weighted by molar-refractivity contribution is 0.177. The molecular weight excluding hydrogens is 258 g/mol. The second-order valence-corrected chi connectivity index (χ2v) is 6.39. The molecule has 1 atom stereocenters. The molecule has 1 aliphatic rings. The molecule has 1 saturated heterocycles. The lowest BCUT2D eigenvalue weighted by Gasteiger charge is -2.35. The first-order chi connectivity index (χ1) is 10.2. The molecule has 21 heavy (non-hydrogen) atoms. The smallest absolute Gasteiger partial charge is 0.0368 e. The molecule has 0 aromatic heterocycles. The van der Waals surface area contributed by atoms with Crippen LogP contribution in [0.1, 0.15) is 37.7 Å². The maximum absolute atomic E-state index is 5.71. The molecule has 1 fully saturated rings. The summed E-state index contributed by atoms with van der Waals surface area (Å²) in [5.41, 5.74) is 8.39. The van der Waals surface area contributed by atoms with Gasteiger partial charge in [0.05, 0.1) is 0 Å². The summed E-state index contributed by atoms with van der Waals surface area (Å²) in [5.74, 6) is 0. The normalized spacial score (nSPS) is 19.7. The summed E-state index contributed by atoms with van der Waals surface area (Å²) in [6, 6.07) is 9.60. The van der Waals surface area contributed by atoms with Crippen LogP contribution in [0.3, 0.4) is 0 Å². The van der Waals surface area contributed by atoms with Gasteiger partial charge < -0.3 is 15.5 Å². The molecule has 1 unspecified atom stereocenters. The topological polar surface area (TPSA) is 32.5 Å². The first-order valence-corrected chi connectivity index (χ1v) is 8.42. The summed E-state index contributed by atoms with van der Waals surface area (Å²) in [6.45, 7) is 6.40. The minimum atomic E-state index is 0.754. The second-order valence-electron chi connectivity index (χ2n) is 6.39. The van der Waals surface area contributed by atoms with Gasteiger partial charge in [0.2, 0.25) is 0 Å². The van der Waals surface area contributed by atoms with E-state index in [0.717, 1.165) is 32.1 Å². The highest BCUT2D eigenvalue weighted by Crippen LogP contribution is 2.21. The Hall–Kier alpha value is -1.06. The van der Waals surface area contributed by atoms with Gasteiger partial charge in [-0.3, -0.25) is 0 Å². The fourth-order valence-corrected chi connectivity index (χ4v) is 3.29. The van der Waals surface area contributed by atoms with Crippen molar-refractivity contribution in [1.29, 1.82) is 0 Å². The van der Waals surface area contributed by atoms with Crippen molar-refractivity contribution >= 4 is 5.69 Å². The van der Waals surface area contributed by atoms with Gasteiger partial charge in [-0.1, -0.05) is 18.6 Å². The minimum Gasteiger partial charge on any atom is -0.371 e. The molecule has 1 aromatic rings. The quantitative estimate of drug-likeness (QED) is 0.837. The summed E-state index contributed by atoms with van der Waals surface area (Å²) in [7, 11) is 2.28. The van der Waals surface area contributed by atoms with E-state index in [1.807, 2.05) is 0 Å². The van der Waals surface area contributed by atoms with E-state index in [9.17, 15) is 0 Å². The fourth-order valence-electron chi connectivity index (χ4n) is 3.29. The number of hydrogen-bond acceptors (Lipinski definition) is 3. The highest BCUT2D eigenvalue weighted by Gasteiger charge is 2.19. The molecule has 1 aliphatic heterocycles. The van der Waals surface area contributed by atoms with Crippen LogP contribution in [0.4, 0.5) is 5.69 Å². The van der Waals surface area contributed by atoms with Gasteiger partial charge in [0.1, 0.15) is 0 Å². The number of benzene rings is 1. The van der Waals surface area contributed by atoms with Crippen molar-refractivity contribution in [2.45, 2.75) is 45.1 Å². The van der Waals surface area contributed by atoms with E-state index < -0.39 is 0 Å². The van der Waals surface area contributed by atoms with E-state index in [1.54, 1.807) is 0 Å². The van der Waals surface area contributed by atoms with Crippen LogP contribution in [0, 0.1) is 6.92 Å². The summed E-state index contributed by atoms with van der Waals surface area (Å²) < 4.78 is 0. The molecule has 1 heterocycles. The third kappa shape index (κ3) is 5.01. The Bertz CT molecular complexity index is 419. The highest BCUT2D eigenvalue weighted by atomic mass is 15.2. The molecule has 3 nitrogen and oxygen atoms in total. The van der Waals surface area contributed by atoms with Crippen molar-refractivity contribution in [3.8, 4) is 0 Å². The molecule has 2 rings (SSSR count). The summed E-state index contributed by atoms with van der Waals surface area (Å²) >= 11 is 0. The van der Waals surface area contributed by atoms with Crippen LogP contribution >= 0.6 is 0 Å². The van der Waals surface area contributed by atoms with Crippen molar-refractivity contribution in [3.63, 3.8) is 0 Å². The Balaban J connectivity index is 1.95. The lowest BCUT2D eigenvalue weighted by atomic mass is 10.00. The second kappa shape index (κ2) is 8.40. The van der Waals surface area contributed by atoms with Gasteiger partial charge in [-0.2, -0.15) is 0 Å². The Morgan fingerprint density at radius 1 is 1.29 bits per heavy atom. The van der Waals surface area contributed by atoms with Gasteiger partial charge in [0.25, 0.3) is 0 Å². The number of hydrogen-bond donors (Lipinski definition) is 1. The van der Waals surface area contributed by atoms with Crippen molar-refractivity contribution in [2.75, 3.05) is 38.1 Å². The number of rotatable bonds is 7. The molecule has 0 saturated carbocycles. The van der Waals surface area contributed by atoms with Gasteiger partial charge in [-0.15, -0.1) is 0 Å². The van der Waals surface area contributed by atoms with Gasteiger partial charge in [0.15, 0.2) is 0 Å². The van der Waals surface area contributed by atoms with Crippen LogP contribution < -0.4 is 10.6 Å². The third-order valence-corrected chi connectivity index (χ3v) is 4.65. The fraction of sp³-hybridized carbons (Fsp3) is 0.667. The zero-order chi connectivity index (χ0) is 15.1. The van der Waals surface area contributed by atoms with E-state index in [1.165, 1.54) is 43.5 Å². The zero-order valence-corrected chi connectivity index (χ0v) is 13.7. The van der Waals surface area contributed by atoms with Crippen LogP contribution in [-0.4, -0.2) is 44.2 Å². The Morgan fingerprint density at radius 2 is 2.14 bits per heavy atom. The van der Waals surface area contributed by atoms with Gasteiger partial charge in [-0.25, -0.2) is 0 Å². The predicted molar refractivity (Wildman–Crippen MR) is 91.9 cm³/mol. The monoisotopic (exact) mass is 289 g/mol. The third-order valence-electron chi connectivity index (χ3n) is 4.65. The largest absolute Gasteiger partial charge is 0.371 e. The standard InChI is InChI=1S/C18H31N3/c1-16-7-5-9-18(15-16)21(13-6-11-19)14-10-17-8-3-4-12-20(17)2/h5,7,9,15,17H,3-4,6,8,10-14,19H2,1-2H3. The average molecular weight is 289 g/mol. The molecule has 0 amide bonds. The van der Waals surface area contributed by atoms with Crippen LogP contribution in [-0.2, 0) is 0 Å². The first-order valence-electron chi connectivity index (χ1n) is 8.42. The Kier molecular flexibility index (Phi) is 6.52. The molecule has 0 radical (unpaired) electrons. The number of anilines is 1. The van der Waals surface area contributed by atoms with Gasteiger partial charge >= 0.3 is 0 Å². The van der Waals surface area contributed by atoms with Crippen molar-refractivity contribution in [2.24, 2.45) is 5.73 Å². The number of nitrogens with zero attached hydrogens (tertiary/aromatic N) is 2. The van der Waals surface area contributed by atoms with E-state index in [2.05, 4.69) is 48.0 Å². The van der Waals surface area contributed by atoms with E-state index in [-0.39, 0.29) is 0 Å². The van der Waals surface area contributed by atoms with Gasteiger partial charge in [-0.05, 0) is 70.4 Å². The number of piperidine rings is 1. The van der Waals surface area contributed by atoms with Crippen LogP contribution in [0.5, 0.6) is 0 Å². The van der Waals surface area contributed by atoms with E-state index in [0.29, 0.717) is 0 Å².